The Morgan fingerprint density at radius 1 is 1.42 bits per heavy atom. The van der Waals surface area contributed by atoms with Crippen LogP contribution < -0.4 is 5.56 Å². The minimum Gasteiger partial charge on any atom is -0.325 e. The van der Waals surface area contributed by atoms with Crippen LogP contribution in [0.1, 0.15) is 16.8 Å². The van der Waals surface area contributed by atoms with Gasteiger partial charge in [-0.3, -0.25) is 4.79 Å². The third-order valence-electron chi connectivity index (χ3n) is 2.72. The highest BCUT2D eigenvalue weighted by atomic mass is 19.1. The summed E-state index contributed by atoms with van der Waals surface area (Å²) in [7, 11) is 0. The Morgan fingerprint density at radius 3 is 2.79 bits per heavy atom. The standard InChI is InChI=1S/C15H9FN2O/c1-3-10-5-4-6-13(16)14(10)11-7-9(2)18-15(19)12(11)8-17/h1,4-7H,2H3,(H,18,19). The smallest absolute Gasteiger partial charge is 0.266 e. The molecule has 0 aliphatic heterocycles. The van der Waals surface area contributed by atoms with Crippen LogP contribution in [0, 0.1) is 36.4 Å². The van der Waals surface area contributed by atoms with Crippen molar-refractivity contribution in [3.05, 3.63) is 57.3 Å². The summed E-state index contributed by atoms with van der Waals surface area (Å²) in [6.07, 6.45) is 5.34. The molecule has 0 bridgehead atoms. The first-order valence-corrected chi connectivity index (χ1v) is 5.48. The Bertz CT molecular complexity index is 791. The fourth-order valence-electron chi connectivity index (χ4n) is 1.91. The monoisotopic (exact) mass is 252 g/mol. The number of hydrogen-bond donors (Lipinski definition) is 1. The van der Waals surface area contributed by atoms with Crippen molar-refractivity contribution in [2.45, 2.75) is 6.92 Å². The number of terminal acetylenes is 1. The largest absolute Gasteiger partial charge is 0.325 e. The summed E-state index contributed by atoms with van der Waals surface area (Å²) in [4.78, 5) is 14.2. The molecule has 0 aliphatic rings. The predicted molar refractivity (Wildman–Crippen MR) is 69.8 cm³/mol. The molecule has 1 aromatic heterocycles. The molecule has 0 spiro atoms. The van der Waals surface area contributed by atoms with Crippen molar-refractivity contribution in [3.63, 3.8) is 0 Å². The number of benzene rings is 1. The lowest BCUT2D eigenvalue weighted by Crippen LogP contribution is -2.13. The van der Waals surface area contributed by atoms with Gasteiger partial charge in [0.1, 0.15) is 17.4 Å². The number of nitrogens with zero attached hydrogens (tertiary/aromatic N) is 1. The molecule has 0 fully saturated rings. The van der Waals surface area contributed by atoms with Crippen molar-refractivity contribution in [1.82, 2.24) is 4.98 Å². The third kappa shape index (κ3) is 2.12. The van der Waals surface area contributed by atoms with E-state index in [9.17, 15) is 9.18 Å². The van der Waals surface area contributed by atoms with E-state index in [2.05, 4.69) is 10.9 Å². The Morgan fingerprint density at radius 2 is 2.16 bits per heavy atom. The van der Waals surface area contributed by atoms with Crippen molar-refractivity contribution in [3.8, 4) is 29.5 Å². The third-order valence-corrected chi connectivity index (χ3v) is 2.72. The lowest BCUT2D eigenvalue weighted by Gasteiger charge is -2.09. The van der Waals surface area contributed by atoms with Crippen molar-refractivity contribution >= 4 is 0 Å². The molecule has 0 saturated heterocycles. The fraction of sp³-hybridized carbons (Fsp3) is 0.0667. The van der Waals surface area contributed by atoms with Gasteiger partial charge < -0.3 is 4.98 Å². The van der Waals surface area contributed by atoms with Crippen LogP contribution in [0.25, 0.3) is 11.1 Å². The lowest BCUT2D eigenvalue weighted by molar-refractivity contribution is 0.631. The molecule has 2 rings (SSSR count). The van der Waals surface area contributed by atoms with E-state index in [1.54, 1.807) is 25.1 Å². The van der Waals surface area contributed by atoms with E-state index < -0.39 is 11.4 Å². The summed E-state index contributed by atoms with van der Waals surface area (Å²) in [6.45, 7) is 1.66. The van der Waals surface area contributed by atoms with Gasteiger partial charge in [0.25, 0.3) is 5.56 Å². The van der Waals surface area contributed by atoms with E-state index in [4.69, 9.17) is 11.7 Å². The Labute approximate surface area is 109 Å². The van der Waals surface area contributed by atoms with Gasteiger partial charge in [-0.05, 0) is 25.1 Å². The van der Waals surface area contributed by atoms with E-state index in [1.165, 1.54) is 12.1 Å². The molecule has 0 radical (unpaired) electrons. The highest BCUT2D eigenvalue weighted by Crippen LogP contribution is 2.28. The molecule has 0 atom stereocenters. The first-order valence-electron chi connectivity index (χ1n) is 5.48. The number of nitrogens with one attached hydrogen (secondary N) is 1. The number of nitriles is 1. The highest BCUT2D eigenvalue weighted by molar-refractivity contribution is 5.76. The van der Waals surface area contributed by atoms with E-state index in [-0.39, 0.29) is 16.7 Å². The average molecular weight is 252 g/mol. The molecular weight excluding hydrogens is 243 g/mol. The van der Waals surface area contributed by atoms with Crippen molar-refractivity contribution in [2.24, 2.45) is 0 Å². The second-order valence-corrected chi connectivity index (χ2v) is 3.99. The van der Waals surface area contributed by atoms with E-state index in [0.717, 1.165) is 0 Å². The highest BCUT2D eigenvalue weighted by Gasteiger charge is 2.16. The fourth-order valence-corrected chi connectivity index (χ4v) is 1.91. The number of rotatable bonds is 1. The van der Waals surface area contributed by atoms with Gasteiger partial charge in [0.05, 0.1) is 0 Å². The number of H-pyrrole nitrogens is 1. The minimum atomic E-state index is -0.558. The van der Waals surface area contributed by atoms with Gasteiger partial charge in [-0.2, -0.15) is 5.26 Å². The van der Waals surface area contributed by atoms with Gasteiger partial charge in [0.15, 0.2) is 0 Å². The van der Waals surface area contributed by atoms with Gasteiger partial charge in [-0.1, -0.05) is 12.0 Å². The molecule has 3 nitrogen and oxygen atoms in total. The van der Waals surface area contributed by atoms with Gasteiger partial charge in [-0.25, -0.2) is 4.39 Å². The molecule has 0 saturated carbocycles. The maximum Gasteiger partial charge on any atom is 0.266 e. The van der Waals surface area contributed by atoms with E-state index in [0.29, 0.717) is 11.3 Å². The van der Waals surface area contributed by atoms with Crippen LogP contribution in [0.15, 0.2) is 29.1 Å². The Hall–Kier alpha value is -2.85. The molecule has 0 unspecified atom stereocenters. The topological polar surface area (TPSA) is 56.6 Å². The number of pyridine rings is 1. The molecule has 1 N–H and O–H groups in total. The maximum absolute atomic E-state index is 14.0. The van der Waals surface area contributed by atoms with Gasteiger partial charge in [0.2, 0.25) is 0 Å². The number of aryl methyl sites for hydroxylation is 1. The normalized spacial score (nSPS) is 9.68. The summed E-state index contributed by atoms with van der Waals surface area (Å²) in [6, 6.07) is 7.63. The number of halogens is 1. The molecule has 1 aromatic carbocycles. The lowest BCUT2D eigenvalue weighted by atomic mass is 9.96. The summed E-state index contributed by atoms with van der Waals surface area (Å²) in [5, 5.41) is 9.06. The van der Waals surface area contributed by atoms with Crippen LogP contribution in [0.3, 0.4) is 0 Å². The van der Waals surface area contributed by atoms with Crippen molar-refractivity contribution in [1.29, 1.82) is 5.26 Å². The van der Waals surface area contributed by atoms with Crippen LogP contribution in [0.5, 0.6) is 0 Å². The van der Waals surface area contributed by atoms with E-state index >= 15 is 0 Å². The molecule has 92 valence electrons. The molecular formula is C15H9FN2O. The quantitative estimate of drug-likeness (QED) is 0.792. The SMILES string of the molecule is C#Cc1cccc(F)c1-c1cc(C)[nH]c(=O)c1C#N. The van der Waals surface area contributed by atoms with Gasteiger partial charge in [0, 0.05) is 22.4 Å². The van der Waals surface area contributed by atoms with Crippen LogP contribution in [-0.4, -0.2) is 4.98 Å². The van der Waals surface area contributed by atoms with Crippen LogP contribution in [-0.2, 0) is 0 Å². The van der Waals surface area contributed by atoms with Gasteiger partial charge in [-0.15, -0.1) is 6.42 Å². The van der Waals surface area contributed by atoms with Crippen LogP contribution >= 0.6 is 0 Å². The number of aromatic nitrogens is 1. The number of hydrogen-bond acceptors (Lipinski definition) is 2. The Balaban J connectivity index is 2.92. The van der Waals surface area contributed by atoms with Crippen LogP contribution in [0.2, 0.25) is 0 Å². The number of aromatic amines is 1. The molecule has 0 aliphatic carbocycles. The van der Waals surface area contributed by atoms with Gasteiger partial charge >= 0.3 is 0 Å². The second kappa shape index (κ2) is 4.80. The molecule has 0 amide bonds. The zero-order valence-electron chi connectivity index (χ0n) is 10.1. The zero-order valence-corrected chi connectivity index (χ0v) is 10.1. The summed E-state index contributed by atoms with van der Waals surface area (Å²) >= 11 is 0. The molecule has 4 heteroatoms. The summed E-state index contributed by atoms with van der Waals surface area (Å²) in [5.74, 6) is 1.81. The second-order valence-electron chi connectivity index (χ2n) is 3.99. The Kier molecular flexibility index (Phi) is 3.18. The maximum atomic E-state index is 14.0. The zero-order chi connectivity index (χ0) is 14.0. The van der Waals surface area contributed by atoms with Crippen molar-refractivity contribution < 1.29 is 4.39 Å². The van der Waals surface area contributed by atoms with Crippen molar-refractivity contribution in [2.75, 3.05) is 0 Å². The molecule has 1 heterocycles. The summed E-state index contributed by atoms with van der Waals surface area (Å²) < 4.78 is 14.0. The average Bonchev–Trinajstić information content (AvgIpc) is 2.37. The molecule has 2 aromatic rings. The minimum absolute atomic E-state index is 0.107. The van der Waals surface area contributed by atoms with Crippen LogP contribution in [0.4, 0.5) is 4.39 Å². The molecule has 19 heavy (non-hydrogen) atoms. The predicted octanol–water partition coefficient (Wildman–Crippen LogP) is 2.34. The first-order chi connectivity index (χ1) is 9.08. The van der Waals surface area contributed by atoms with E-state index in [1.807, 2.05) is 0 Å². The summed E-state index contributed by atoms with van der Waals surface area (Å²) in [5.41, 5.74) is 0.466. The first kappa shape index (κ1) is 12.6.